The van der Waals surface area contributed by atoms with Gasteiger partial charge in [0.15, 0.2) is 0 Å². The standard InChI is InChI=1S/C17H16ClFN4O/c1-2-3-4-14-22-12-7-6-11(19)16(18)15(12)17(24)23(14)10-5-8-13(20)21-9-10/h5-9H,2-4H2,1H3,(H2,20,21). The number of rotatable bonds is 4. The number of aryl methyl sites for hydroxylation is 1. The summed E-state index contributed by atoms with van der Waals surface area (Å²) in [5.41, 5.74) is 6.11. The SMILES string of the molecule is CCCCc1nc2ccc(F)c(Cl)c2c(=O)n1-c1ccc(N)nc1. The first kappa shape index (κ1) is 16.4. The number of unbranched alkanes of at least 4 members (excludes halogenated alkanes) is 1. The van der Waals surface area contributed by atoms with E-state index in [0.717, 1.165) is 12.8 Å². The third kappa shape index (κ3) is 2.85. The molecule has 0 aliphatic heterocycles. The zero-order chi connectivity index (χ0) is 17.3. The lowest BCUT2D eigenvalue weighted by molar-refractivity contribution is 0.629. The molecule has 0 radical (unpaired) electrons. The Morgan fingerprint density at radius 3 is 2.75 bits per heavy atom. The Hall–Kier alpha value is -2.47. The summed E-state index contributed by atoms with van der Waals surface area (Å²) in [6.45, 7) is 2.06. The molecule has 3 rings (SSSR count). The maximum atomic E-state index is 13.8. The smallest absolute Gasteiger partial charge is 0.267 e. The number of hydrogen-bond acceptors (Lipinski definition) is 4. The summed E-state index contributed by atoms with van der Waals surface area (Å²) in [5.74, 6) is 0.287. The molecule has 0 unspecified atom stereocenters. The molecule has 0 bridgehead atoms. The molecule has 0 aliphatic rings. The Labute approximate surface area is 142 Å². The van der Waals surface area contributed by atoms with Gasteiger partial charge < -0.3 is 5.73 Å². The number of aromatic nitrogens is 3. The topological polar surface area (TPSA) is 73.8 Å². The van der Waals surface area contributed by atoms with E-state index in [1.54, 1.807) is 12.1 Å². The third-order valence-electron chi connectivity index (χ3n) is 3.78. The van der Waals surface area contributed by atoms with Crippen LogP contribution in [0.2, 0.25) is 5.02 Å². The monoisotopic (exact) mass is 346 g/mol. The van der Waals surface area contributed by atoms with Gasteiger partial charge in [0.25, 0.3) is 5.56 Å². The number of fused-ring (bicyclic) bond motifs is 1. The number of anilines is 1. The van der Waals surface area contributed by atoms with E-state index in [4.69, 9.17) is 17.3 Å². The van der Waals surface area contributed by atoms with Gasteiger partial charge in [0, 0.05) is 6.42 Å². The second-order valence-corrected chi connectivity index (χ2v) is 5.85. The van der Waals surface area contributed by atoms with Crippen LogP contribution in [-0.4, -0.2) is 14.5 Å². The van der Waals surface area contributed by atoms with E-state index in [1.807, 2.05) is 0 Å². The number of nitrogens with zero attached hydrogens (tertiary/aromatic N) is 3. The molecule has 2 aromatic heterocycles. The van der Waals surface area contributed by atoms with E-state index in [0.29, 0.717) is 29.3 Å². The minimum atomic E-state index is -0.647. The van der Waals surface area contributed by atoms with Crippen molar-refractivity contribution < 1.29 is 4.39 Å². The molecule has 2 N–H and O–H groups in total. The van der Waals surface area contributed by atoms with E-state index < -0.39 is 11.4 Å². The van der Waals surface area contributed by atoms with Crippen LogP contribution in [0.25, 0.3) is 16.6 Å². The number of nitrogens with two attached hydrogens (primary N) is 1. The molecule has 0 aliphatic carbocycles. The van der Waals surface area contributed by atoms with Crippen molar-refractivity contribution in [3.05, 3.63) is 57.5 Å². The van der Waals surface area contributed by atoms with Gasteiger partial charge in [0.05, 0.1) is 27.8 Å². The average Bonchev–Trinajstić information content (AvgIpc) is 2.57. The van der Waals surface area contributed by atoms with Crippen LogP contribution in [0.15, 0.2) is 35.3 Å². The van der Waals surface area contributed by atoms with Gasteiger partial charge in [-0.25, -0.2) is 14.4 Å². The molecule has 0 spiro atoms. The first-order chi connectivity index (χ1) is 11.5. The van der Waals surface area contributed by atoms with Crippen molar-refractivity contribution in [2.75, 3.05) is 5.73 Å². The average molecular weight is 347 g/mol. The van der Waals surface area contributed by atoms with Crippen molar-refractivity contribution >= 4 is 28.3 Å². The van der Waals surface area contributed by atoms with E-state index in [1.165, 1.54) is 22.9 Å². The van der Waals surface area contributed by atoms with Crippen LogP contribution in [0.5, 0.6) is 0 Å². The van der Waals surface area contributed by atoms with Gasteiger partial charge in [-0.2, -0.15) is 0 Å². The van der Waals surface area contributed by atoms with E-state index in [9.17, 15) is 9.18 Å². The first-order valence-electron chi connectivity index (χ1n) is 7.64. The molecule has 0 amide bonds. The van der Waals surface area contributed by atoms with Crippen LogP contribution in [0.3, 0.4) is 0 Å². The first-order valence-corrected chi connectivity index (χ1v) is 8.02. The van der Waals surface area contributed by atoms with Crippen molar-refractivity contribution in [2.24, 2.45) is 0 Å². The molecule has 5 nitrogen and oxygen atoms in total. The summed E-state index contributed by atoms with van der Waals surface area (Å²) < 4.78 is 15.2. The van der Waals surface area contributed by atoms with Crippen molar-refractivity contribution in [2.45, 2.75) is 26.2 Å². The fourth-order valence-corrected chi connectivity index (χ4v) is 2.79. The Kier molecular flexibility index (Phi) is 4.49. The van der Waals surface area contributed by atoms with Gasteiger partial charge in [-0.3, -0.25) is 9.36 Å². The predicted molar refractivity (Wildman–Crippen MR) is 93.1 cm³/mol. The van der Waals surface area contributed by atoms with Crippen molar-refractivity contribution in [3.63, 3.8) is 0 Å². The van der Waals surface area contributed by atoms with Gasteiger partial charge in [-0.15, -0.1) is 0 Å². The lowest BCUT2D eigenvalue weighted by Crippen LogP contribution is -2.24. The van der Waals surface area contributed by atoms with E-state index in [2.05, 4.69) is 16.9 Å². The molecule has 24 heavy (non-hydrogen) atoms. The Bertz CT molecular complexity index is 953. The highest BCUT2D eigenvalue weighted by Crippen LogP contribution is 2.24. The van der Waals surface area contributed by atoms with Gasteiger partial charge >= 0.3 is 0 Å². The number of pyridine rings is 1. The number of halogens is 2. The van der Waals surface area contributed by atoms with E-state index >= 15 is 0 Å². The van der Waals surface area contributed by atoms with Crippen LogP contribution in [0.4, 0.5) is 10.2 Å². The molecular formula is C17H16ClFN4O. The summed E-state index contributed by atoms with van der Waals surface area (Å²) in [6, 6.07) is 5.97. The van der Waals surface area contributed by atoms with Crippen LogP contribution in [-0.2, 0) is 6.42 Å². The quantitative estimate of drug-likeness (QED) is 0.784. The van der Waals surface area contributed by atoms with Crippen LogP contribution in [0.1, 0.15) is 25.6 Å². The highest BCUT2D eigenvalue weighted by atomic mass is 35.5. The summed E-state index contributed by atoms with van der Waals surface area (Å²) in [6.07, 6.45) is 3.93. The molecule has 124 valence electrons. The van der Waals surface area contributed by atoms with Crippen molar-refractivity contribution in [3.8, 4) is 5.69 Å². The van der Waals surface area contributed by atoms with Gasteiger partial charge in [-0.1, -0.05) is 24.9 Å². The van der Waals surface area contributed by atoms with Crippen molar-refractivity contribution in [1.29, 1.82) is 0 Å². The second kappa shape index (κ2) is 6.57. The molecule has 0 saturated heterocycles. The van der Waals surface area contributed by atoms with Gasteiger partial charge in [0.2, 0.25) is 0 Å². The highest BCUT2D eigenvalue weighted by molar-refractivity contribution is 6.35. The zero-order valence-electron chi connectivity index (χ0n) is 13.1. The summed E-state index contributed by atoms with van der Waals surface area (Å²) in [5, 5.41) is -0.155. The molecule has 0 saturated carbocycles. The van der Waals surface area contributed by atoms with Crippen LogP contribution in [0, 0.1) is 5.82 Å². The summed E-state index contributed by atoms with van der Waals surface area (Å²) in [7, 11) is 0. The third-order valence-corrected chi connectivity index (χ3v) is 4.15. The molecule has 0 fully saturated rings. The second-order valence-electron chi connectivity index (χ2n) is 5.47. The Morgan fingerprint density at radius 2 is 2.08 bits per heavy atom. The maximum absolute atomic E-state index is 13.8. The van der Waals surface area contributed by atoms with Gasteiger partial charge in [-0.05, 0) is 30.7 Å². The predicted octanol–water partition coefficient (Wildman–Crippen LogP) is 3.50. The highest BCUT2D eigenvalue weighted by Gasteiger charge is 2.17. The molecule has 2 heterocycles. The lowest BCUT2D eigenvalue weighted by atomic mass is 10.2. The number of hydrogen-bond donors (Lipinski definition) is 1. The molecule has 1 aromatic carbocycles. The zero-order valence-corrected chi connectivity index (χ0v) is 13.8. The van der Waals surface area contributed by atoms with E-state index in [-0.39, 0.29) is 10.4 Å². The molecular weight excluding hydrogens is 331 g/mol. The van der Waals surface area contributed by atoms with Crippen LogP contribution < -0.4 is 11.3 Å². The fraction of sp³-hybridized carbons (Fsp3) is 0.235. The van der Waals surface area contributed by atoms with Crippen molar-refractivity contribution in [1.82, 2.24) is 14.5 Å². The molecule has 0 atom stereocenters. The fourth-order valence-electron chi connectivity index (χ4n) is 2.55. The normalized spacial score (nSPS) is 11.1. The minimum absolute atomic E-state index is 0.0636. The largest absolute Gasteiger partial charge is 0.384 e. The number of nitrogen functional groups attached to an aromatic ring is 1. The maximum Gasteiger partial charge on any atom is 0.267 e. The van der Waals surface area contributed by atoms with Gasteiger partial charge in [0.1, 0.15) is 17.5 Å². The number of benzene rings is 1. The lowest BCUT2D eigenvalue weighted by Gasteiger charge is -2.14. The van der Waals surface area contributed by atoms with Crippen LogP contribution >= 0.6 is 11.6 Å². The summed E-state index contributed by atoms with van der Waals surface area (Å²) in [4.78, 5) is 21.5. The summed E-state index contributed by atoms with van der Waals surface area (Å²) >= 11 is 6.01. The molecule has 7 heteroatoms. The Balaban J connectivity index is 2.35. The Morgan fingerprint density at radius 1 is 1.29 bits per heavy atom. The molecule has 3 aromatic rings. The minimum Gasteiger partial charge on any atom is -0.384 e.